The third-order valence-corrected chi connectivity index (χ3v) is 3.81. The molecule has 20 heavy (non-hydrogen) atoms. The predicted octanol–water partition coefficient (Wildman–Crippen LogP) is 0.662. The zero-order valence-corrected chi connectivity index (χ0v) is 11.7. The number of fused-ring (bicyclic) bond motifs is 1. The minimum Gasteiger partial charge on any atom is -0.307 e. The molecule has 0 spiro atoms. The Labute approximate surface area is 114 Å². The van der Waals surface area contributed by atoms with Gasteiger partial charge in [0.1, 0.15) is 0 Å². The Kier molecular flexibility index (Phi) is 3.53. The van der Waals surface area contributed by atoms with E-state index in [4.69, 9.17) is 0 Å². The van der Waals surface area contributed by atoms with Crippen molar-refractivity contribution in [1.82, 2.24) is 9.97 Å². The average molecular weight is 298 g/mol. The van der Waals surface area contributed by atoms with E-state index in [0.29, 0.717) is 6.42 Å². The molecule has 7 nitrogen and oxygen atoms in total. The third kappa shape index (κ3) is 2.66. The molecule has 1 heterocycles. The van der Waals surface area contributed by atoms with Crippen molar-refractivity contribution >= 4 is 21.0 Å². The molecule has 8 heteroatoms. The van der Waals surface area contributed by atoms with Gasteiger partial charge in [-0.25, -0.2) is 4.79 Å². The number of hydrogen-bond acceptors (Lipinski definition) is 4. The van der Waals surface area contributed by atoms with Crippen molar-refractivity contribution in [1.29, 1.82) is 0 Å². The van der Waals surface area contributed by atoms with Gasteiger partial charge in [0, 0.05) is 0 Å². The van der Waals surface area contributed by atoms with Crippen molar-refractivity contribution in [3.63, 3.8) is 0 Å². The summed E-state index contributed by atoms with van der Waals surface area (Å²) in [7, 11) is -4.43. The Balaban J connectivity index is 2.98. The molecule has 0 saturated carbocycles. The summed E-state index contributed by atoms with van der Waals surface area (Å²) >= 11 is 0. The number of aromatic amines is 2. The minimum atomic E-state index is -4.43. The van der Waals surface area contributed by atoms with E-state index in [1.807, 2.05) is 13.8 Å². The van der Waals surface area contributed by atoms with Crippen LogP contribution in [-0.4, -0.2) is 22.9 Å². The molecule has 1 aromatic carbocycles. The van der Waals surface area contributed by atoms with Crippen molar-refractivity contribution in [2.45, 2.75) is 25.2 Å². The van der Waals surface area contributed by atoms with Gasteiger partial charge in [0.2, 0.25) is 0 Å². The van der Waals surface area contributed by atoms with Crippen LogP contribution in [0.4, 0.5) is 0 Å². The number of hydrogen-bond donors (Lipinski definition) is 3. The second kappa shape index (κ2) is 4.88. The molecule has 108 valence electrons. The molecular formula is C12H14N2O5S. The Morgan fingerprint density at radius 3 is 2.40 bits per heavy atom. The maximum absolute atomic E-state index is 11.7. The van der Waals surface area contributed by atoms with Crippen molar-refractivity contribution < 1.29 is 13.0 Å². The number of aromatic nitrogens is 2. The van der Waals surface area contributed by atoms with Crippen LogP contribution in [0.3, 0.4) is 0 Å². The molecular weight excluding hydrogens is 284 g/mol. The smallest absolute Gasteiger partial charge is 0.307 e. The minimum absolute atomic E-state index is 0.0730. The van der Waals surface area contributed by atoms with Crippen molar-refractivity contribution in [2.75, 3.05) is 0 Å². The van der Waals surface area contributed by atoms with E-state index in [1.165, 1.54) is 12.1 Å². The zero-order chi connectivity index (χ0) is 15.1. The summed E-state index contributed by atoms with van der Waals surface area (Å²) in [5, 5.41) is 0.174. The normalized spacial score (nSPS) is 12.2. The highest BCUT2D eigenvalue weighted by Gasteiger charge is 2.20. The molecule has 2 rings (SSSR count). The van der Waals surface area contributed by atoms with Crippen molar-refractivity contribution in [3.8, 4) is 0 Å². The lowest BCUT2D eigenvalue weighted by molar-refractivity contribution is 0.481. The Morgan fingerprint density at radius 2 is 1.85 bits per heavy atom. The van der Waals surface area contributed by atoms with Crippen LogP contribution in [0.5, 0.6) is 0 Å². The quantitative estimate of drug-likeness (QED) is 0.719. The highest BCUT2D eigenvalue weighted by Crippen LogP contribution is 2.24. The highest BCUT2D eigenvalue weighted by atomic mass is 32.2. The predicted molar refractivity (Wildman–Crippen MR) is 73.5 cm³/mol. The molecule has 0 amide bonds. The van der Waals surface area contributed by atoms with E-state index in [2.05, 4.69) is 9.97 Å². The first kappa shape index (κ1) is 14.5. The lowest BCUT2D eigenvalue weighted by atomic mass is 10.0. The first-order valence-corrected chi connectivity index (χ1v) is 7.40. The van der Waals surface area contributed by atoms with Crippen LogP contribution >= 0.6 is 0 Å². The van der Waals surface area contributed by atoms with Crippen LogP contribution in [-0.2, 0) is 16.5 Å². The molecule has 0 radical (unpaired) electrons. The van der Waals surface area contributed by atoms with Crippen LogP contribution < -0.4 is 11.2 Å². The Morgan fingerprint density at radius 1 is 1.20 bits per heavy atom. The lowest BCUT2D eigenvalue weighted by Crippen LogP contribution is -2.23. The largest absolute Gasteiger partial charge is 0.326 e. The van der Waals surface area contributed by atoms with E-state index < -0.39 is 21.4 Å². The zero-order valence-electron chi connectivity index (χ0n) is 10.9. The monoisotopic (exact) mass is 298 g/mol. The summed E-state index contributed by atoms with van der Waals surface area (Å²) in [5.74, 6) is 0.0730. The summed E-state index contributed by atoms with van der Waals surface area (Å²) in [6.45, 7) is 3.72. The molecule has 0 aliphatic rings. The van der Waals surface area contributed by atoms with Gasteiger partial charge in [-0.2, -0.15) is 8.42 Å². The second-order valence-electron chi connectivity index (χ2n) is 4.95. The Bertz CT molecular complexity index is 877. The fourth-order valence-electron chi connectivity index (χ4n) is 2.13. The molecule has 3 N–H and O–H groups in total. The second-order valence-corrected chi connectivity index (χ2v) is 6.34. The van der Waals surface area contributed by atoms with E-state index in [1.54, 1.807) is 0 Å². The fraction of sp³-hybridized carbons (Fsp3) is 0.333. The Hall–Kier alpha value is -1.93. The standard InChI is InChI=1S/C12H14N2O5S/c1-6(2)5-8-9(20(17,18)19)4-3-7-10(8)13-12(16)14-11(7)15/h3-4,6H,5H2,1-2H3,(H,17,18,19)(H2,13,14,15,16). The number of H-pyrrole nitrogens is 2. The van der Waals surface area contributed by atoms with Gasteiger partial charge in [-0.05, 0) is 30.0 Å². The summed E-state index contributed by atoms with van der Waals surface area (Å²) in [4.78, 5) is 27.3. The summed E-state index contributed by atoms with van der Waals surface area (Å²) < 4.78 is 32.1. The van der Waals surface area contributed by atoms with Gasteiger partial charge in [0.15, 0.2) is 0 Å². The van der Waals surface area contributed by atoms with Crippen LogP contribution in [0.1, 0.15) is 19.4 Å². The lowest BCUT2D eigenvalue weighted by Gasteiger charge is -2.12. The first-order valence-electron chi connectivity index (χ1n) is 5.96. The van der Waals surface area contributed by atoms with Gasteiger partial charge in [-0.15, -0.1) is 0 Å². The molecule has 2 aromatic rings. The van der Waals surface area contributed by atoms with E-state index in [9.17, 15) is 22.6 Å². The molecule has 0 fully saturated rings. The van der Waals surface area contributed by atoms with Crippen LogP contribution in [0, 0.1) is 5.92 Å². The average Bonchev–Trinajstić information content (AvgIpc) is 2.27. The molecule has 0 saturated heterocycles. The molecule has 0 bridgehead atoms. The van der Waals surface area contributed by atoms with Crippen LogP contribution in [0.25, 0.3) is 10.9 Å². The highest BCUT2D eigenvalue weighted by molar-refractivity contribution is 7.85. The van der Waals surface area contributed by atoms with Gasteiger partial charge < -0.3 is 4.98 Å². The summed E-state index contributed by atoms with van der Waals surface area (Å²) in [5.41, 5.74) is -0.943. The SMILES string of the molecule is CC(C)Cc1c(S(=O)(=O)O)ccc2c(=O)[nH]c(=O)[nH]c12. The first-order chi connectivity index (χ1) is 9.20. The summed E-state index contributed by atoms with van der Waals surface area (Å²) in [6.07, 6.45) is 0.297. The maximum atomic E-state index is 11.7. The topological polar surface area (TPSA) is 120 Å². The van der Waals surface area contributed by atoms with Gasteiger partial charge >= 0.3 is 5.69 Å². The maximum Gasteiger partial charge on any atom is 0.326 e. The number of rotatable bonds is 3. The van der Waals surface area contributed by atoms with E-state index in [-0.39, 0.29) is 27.3 Å². The third-order valence-electron chi connectivity index (χ3n) is 2.87. The molecule has 1 aromatic heterocycles. The summed E-state index contributed by atoms with van der Waals surface area (Å²) in [6, 6.07) is 2.43. The molecule has 0 aliphatic heterocycles. The van der Waals surface area contributed by atoms with Crippen LogP contribution in [0.15, 0.2) is 26.6 Å². The van der Waals surface area contributed by atoms with Crippen molar-refractivity contribution in [2.24, 2.45) is 5.92 Å². The molecule has 0 aliphatic carbocycles. The van der Waals surface area contributed by atoms with Crippen LogP contribution in [0.2, 0.25) is 0 Å². The number of nitrogens with one attached hydrogen (secondary N) is 2. The van der Waals surface area contributed by atoms with E-state index in [0.717, 1.165) is 0 Å². The van der Waals surface area contributed by atoms with Gasteiger partial charge in [-0.1, -0.05) is 13.8 Å². The van der Waals surface area contributed by atoms with Gasteiger partial charge in [0.25, 0.3) is 15.7 Å². The van der Waals surface area contributed by atoms with E-state index >= 15 is 0 Å². The fourth-order valence-corrected chi connectivity index (χ4v) is 2.87. The number of benzene rings is 1. The van der Waals surface area contributed by atoms with Gasteiger partial charge in [0.05, 0.1) is 15.8 Å². The molecule has 0 unspecified atom stereocenters. The van der Waals surface area contributed by atoms with Gasteiger partial charge in [-0.3, -0.25) is 14.3 Å². The molecule has 0 atom stereocenters. The van der Waals surface area contributed by atoms with Crippen molar-refractivity contribution in [3.05, 3.63) is 38.5 Å².